The summed E-state index contributed by atoms with van der Waals surface area (Å²) in [6, 6.07) is 14.3. The predicted molar refractivity (Wildman–Crippen MR) is 146 cm³/mol. The first-order valence-electron chi connectivity index (χ1n) is 11.4. The number of carbonyl (C=O) groups excluding carboxylic acids is 1. The number of hydrogen-bond donors (Lipinski definition) is 1. The van der Waals surface area contributed by atoms with Gasteiger partial charge in [0, 0.05) is 18.2 Å². The van der Waals surface area contributed by atoms with Crippen molar-refractivity contribution in [2.75, 3.05) is 20.3 Å². The third-order valence-corrected chi connectivity index (χ3v) is 6.61. The Morgan fingerprint density at radius 2 is 1.67 bits per heavy atom. The zero-order valence-corrected chi connectivity index (χ0v) is 23.7. The van der Waals surface area contributed by atoms with E-state index in [1.165, 1.54) is 0 Å². The predicted octanol–water partition coefficient (Wildman–Crippen LogP) is 7.32. The summed E-state index contributed by atoms with van der Waals surface area (Å²) in [5.74, 6) is 0.370. The molecule has 0 saturated carbocycles. The molecule has 3 aromatic rings. The lowest BCUT2D eigenvalue weighted by atomic mass is 9.95. The van der Waals surface area contributed by atoms with Crippen molar-refractivity contribution in [2.45, 2.75) is 33.1 Å². The fourth-order valence-electron chi connectivity index (χ4n) is 3.69. The summed E-state index contributed by atoms with van der Waals surface area (Å²) in [4.78, 5) is 24.8. The molecule has 36 heavy (non-hydrogen) atoms. The minimum Gasteiger partial charge on any atom is -0.491 e. The van der Waals surface area contributed by atoms with Gasteiger partial charge in [-0.05, 0) is 80.6 Å². The molecule has 0 fully saturated rings. The highest BCUT2D eigenvalue weighted by atomic mass is 79.9. The Morgan fingerprint density at radius 1 is 0.972 bits per heavy atom. The summed E-state index contributed by atoms with van der Waals surface area (Å²) >= 11 is 6.99. The van der Waals surface area contributed by atoms with Crippen molar-refractivity contribution in [3.8, 4) is 17.2 Å². The molecule has 0 radical (unpaired) electrons. The molecule has 3 rings (SSSR count). The van der Waals surface area contributed by atoms with Crippen LogP contribution in [-0.2, 0) is 16.0 Å². The smallest absolute Gasteiger partial charge is 0.307 e. The van der Waals surface area contributed by atoms with E-state index < -0.39 is 5.97 Å². The van der Waals surface area contributed by atoms with Gasteiger partial charge in [-0.15, -0.1) is 0 Å². The molecule has 8 heteroatoms. The van der Waals surface area contributed by atoms with Gasteiger partial charge in [-0.1, -0.05) is 37.6 Å². The van der Waals surface area contributed by atoms with Crippen molar-refractivity contribution < 1.29 is 28.9 Å². The van der Waals surface area contributed by atoms with Crippen molar-refractivity contribution in [2.24, 2.45) is 0 Å². The molecule has 0 unspecified atom stereocenters. The Labute approximate surface area is 227 Å². The van der Waals surface area contributed by atoms with Crippen LogP contribution >= 0.6 is 31.9 Å². The fourth-order valence-corrected chi connectivity index (χ4v) is 5.13. The maximum Gasteiger partial charge on any atom is 0.307 e. The second kappa shape index (κ2) is 12.5. The molecular weight excluding hydrogens is 592 g/mol. The van der Waals surface area contributed by atoms with Crippen molar-refractivity contribution in [3.05, 3.63) is 85.3 Å². The van der Waals surface area contributed by atoms with E-state index in [1.807, 2.05) is 45.0 Å². The van der Waals surface area contributed by atoms with Crippen LogP contribution in [0.15, 0.2) is 57.5 Å². The molecule has 0 heterocycles. The van der Waals surface area contributed by atoms with Crippen LogP contribution in [0.3, 0.4) is 0 Å². The van der Waals surface area contributed by atoms with Gasteiger partial charge in [-0.2, -0.15) is 0 Å². The summed E-state index contributed by atoms with van der Waals surface area (Å²) in [5, 5.41) is 9.15. The maximum atomic E-state index is 13.7. The molecule has 0 aromatic heterocycles. The molecule has 6 nitrogen and oxygen atoms in total. The number of methoxy groups -OCH3 is 1. The first-order valence-corrected chi connectivity index (χ1v) is 13.0. The second-order valence-corrected chi connectivity index (χ2v) is 10.4. The van der Waals surface area contributed by atoms with E-state index in [2.05, 4.69) is 31.9 Å². The monoisotopic (exact) mass is 618 g/mol. The Balaban J connectivity index is 2.14. The maximum absolute atomic E-state index is 13.7. The number of ether oxygens (including phenoxy) is 3. The van der Waals surface area contributed by atoms with Crippen molar-refractivity contribution >= 4 is 43.6 Å². The number of carboxylic acid groups (broad SMARTS) is 1. The van der Waals surface area contributed by atoms with Crippen LogP contribution in [0.25, 0.3) is 0 Å². The quantitative estimate of drug-likeness (QED) is 0.179. The van der Waals surface area contributed by atoms with Gasteiger partial charge >= 0.3 is 5.97 Å². The number of hydrogen-bond acceptors (Lipinski definition) is 5. The Bertz CT molecular complexity index is 1250. The highest BCUT2D eigenvalue weighted by molar-refractivity contribution is 9.11. The average molecular weight is 620 g/mol. The molecule has 0 aliphatic rings. The second-order valence-electron chi connectivity index (χ2n) is 8.64. The molecule has 0 atom stereocenters. The van der Waals surface area contributed by atoms with Crippen molar-refractivity contribution in [3.63, 3.8) is 0 Å². The van der Waals surface area contributed by atoms with Gasteiger partial charge in [-0.3, -0.25) is 9.59 Å². The Morgan fingerprint density at radius 3 is 2.25 bits per heavy atom. The topological polar surface area (TPSA) is 82.1 Å². The highest BCUT2D eigenvalue weighted by Gasteiger charge is 2.23. The van der Waals surface area contributed by atoms with Crippen molar-refractivity contribution in [1.29, 1.82) is 0 Å². The third kappa shape index (κ3) is 6.96. The van der Waals surface area contributed by atoms with Gasteiger partial charge in [0.15, 0.2) is 11.5 Å². The zero-order valence-electron chi connectivity index (χ0n) is 20.6. The van der Waals surface area contributed by atoms with Crippen LogP contribution in [0.4, 0.5) is 0 Å². The van der Waals surface area contributed by atoms with E-state index >= 15 is 0 Å². The SMILES string of the molecule is COCCOc1cc(C(=O)c2cccc(C)c2)c(Oc2c(Br)cc(CC(=O)O)cc2Br)cc1C(C)C. The molecular formula is C28H28Br2O6. The summed E-state index contributed by atoms with van der Waals surface area (Å²) in [6.07, 6.45) is -0.125. The van der Waals surface area contributed by atoms with E-state index in [0.29, 0.717) is 56.1 Å². The summed E-state index contributed by atoms with van der Waals surface area (Å²) < 4.78 is 18.6. The molecule has 1 N–H and O–H groups in total. The van der Waals surface area contributed by atoms with E-state index in [9.17, 15) is 9.59 Å². The molecule has 0 saturated heterocycles. The number of ketones is 1. The van der Waals surface area contributed by atoms with Gasteiger partial charge in [0.25, 0.3) is 0 Å². The lowest BCUT2D eigenvalue weighted by Gasteiger charge is -2.20. The van der Waals surface area contributed by atoms with Crippen molar-refractivity contribution in [1.82, 2.24) is 0 Å². The zero-order chi connectivity index (χ0) is 26.4. The van der Waals surface area contributed by atoms with E-state index in [0.717, 1.165) is 11.1 Å². The van der Waals surface area contributed by atoms with Gasteiger partial charge in [0.05, 0.1) is 27.5 Å². The van der Waals surface area contributed by atoms with E-state index in [-0.39, 0.29) is 18.1 Å². The summed E-state index contributed by atoms with van der Waals surface area (Å²) in [6.45, 7) is 6.77. The summed E-state index contributed by atoms with van der Waals surface area (Å²) in [7, 11) is 1.60. The van der Waals surface area contributed by atoms with Crippen LogP contribution in [-0.4, -0.2) is 37.2 Å². The molecule has 0 bridgehead atoms. The molecule has 190 valence electrons. The van der Waals surface area contributed by atoms with Crippen LogP contribution in [0, 0.1) is 6.92 Å². The van der Waals surface area contributed by atoms with Gasteiger partial charge in [0.1, 0.15) is 18.1 Å². The van der Waals surface area contributed by atoms with Gasteiger partial charge in [-0.25, -0.2) is 0 Å². The Kier molecular flexibility index (Phi) is 9.70. The van der Waals surface area contributed by atoms with Crippen LogP contribution in [0.2, 0.25) is 0 Å². The lowest BCUT2D eigenvalue weighted by molar-refractivity contribution is -0.136. The Hall–Kier alpha value is -2.68. The highest BCUT2D eigenvalue weighted by Crippen LogP contribution is 2.42. The minimum atomic E-state index is -0.931. The molecule has 0 spiro atoms. The first kappa shape index (κ1) is 27.9. The fraction of sp³-hybridized carbons (Fsp3) is 0.286. The first-order chi connectivity index (χ1) is 17.1. The van der Waals surface area contributed by atoms with Gasteiger partial charge in [0.2, 0.25) is 0 Å². The number of aryl methyl sites for hydroxylation is 1. The standard InChI is InChI=1S/C28H28Br2O6/c1-16(2)20-14-25(36-28-22(29)11-18(12-23(28)30)13-26(31)32)21(15-24(20)35-9-8-34-4)27(33)19-7-5-6-17(3)10-19/h5-7,10-12,14-16H,8-9,13H2,1-4H3,(H,31,32). The number of aliphatic carboxylic acids is 1. The van der Waals surface area contributed by atoms with Crippen LogP contribution in [0.5, 0.6) is 17.2 Å². The summed E-state index contributed by atoms with van der Waals surface area (Å²) in [5.41, 5.74) is 3.35. The molecule has 0 amide bonds. The van der Waals surface area contributed by atoms with Crippen LogP contribution in [0.1, 0.15) is 52.4 Å². The largest absolute Gasteiger partial charge is 0.491 e. The van der Waals surface area contributed by atoms with Crippen LogP contribution < -0.4 is 9.47 Å². The lowest BCUT2D eigenvalue weighted by Crippen LogP contribution is -2.10. The number of halogens is 2. The number of benzene rings is 3. The molecule has 0 aliphatic heterocycles. The molecule has 3 aromatic carbocycles. The number of carbonyl (C=O) groups is 2. The van der Waals surface area contributed by atoms with E-state index in [4.69, 9.17) is 19.3 Å². The average Bonchev–Trinajstić information content (AvgIpc) is 2.80. The minimum absolute atomic E-state index is 0.0952. The van der Waals surface area contributed by atoms with Gasteiger partial charge < -0.3 is 19.3 Å². The number of rotatable bonds is 11. The normalized spacial score (nSPS) is 11.0. The molecule has 0 aliphatic carbocycles. The third-order valence-electron chi connectivity index (χ3n) is 5.43. The van der Waals surface area contributed by atoms with E-state index in [1.54, 1.807) is 31.4 Å². The number of carboxylic acids is 1.